The lowest BCUT2D eigenvalue weighted by Gasteiger charge is -1.99. The maximum Gasteiger partial charge on any atom is 0.200 e. The second-order valence-corrected chi connectivity index (χ2v) is 4.00. The molecule has 0 aliphatic carbocycles. The van der Waals surface area contributed by atoms with Crippen LogP contribution in [0.1, 0.15) is 0 Å². The van der Waals surface area contributed by atoms with Crippen molar-refractivity contribution in [2.24, 2.45) is 0 Å². The molecule has 0 amide bonds. The Morgan fingerprint density at radius 1 is 1.18 bits per heavy atom. The van der Waals surface area contributed by atoms with Crippen molar-refractivity contribution in [2.45, 2.75) is 0 Å². The average Bonchev–Trinajstić information content (AvgIpc) is 2.74. The minimum absolute atomic E-state index is 0.334. The molecule has 5 nitrogen and oxygen atoms in total. The smallest absolute Gasteiger partial charge is 0.200 e. The molecule has 2 heterocycles. The molecule has 0 unspecified atom stereocenters. The van der Waals surface area contributed by atoms with Gasteiger partial charge in [0, 0.05) is 5.56 Å². The molecule has 0 bridgehead atoms. The van der Waals surface area contributed by atoms with E-state index in [0.29, 0.717) is 16.2 Å². The summed E-state index contributed by atoms with van der Waals surface area (Å²) in [4.78, 5) is 6.94. The molecule has 3 rings (SSSR count). The van der Waals surface area contributed by atoms with Gasteiger partial charge in [-0.05, 0) is 12.2 Å². The van der Waals surface area contributed by atoms with Crippen LogP contribution >= 0.6 is 12.2 Å². The molecule has 0 saturated carbocycles. The van der Waals surface area contributed by atoms with Crippen LogP contribution in [-0.2, 0) is 0 Å². The molecule has 0 fully saturated rings. The Balaban J connectivity index is 2.36. The van der Waals surface area contributed by atoms with Gasteiger partial charge < -0.3 is 10.7 Å². The molecule has 17 heavy (non-hydrogen) atoms. The first-order chi connectivity index (χ1) is 8.25. The molecule has 0 aliphatic rings. The number of fused-ring (bicyclic) bond motifs is 1. The van der Waals surface area contributed by atoms with Crippen molar-refractivity contribution in [3.05, 3.63) is 35.1 Å². The van der Waals surface area contributed by atoms with Gasteiger partial charge in [-0.2, -0.15) is 5.10 Å². The quantitative estimate of drug-likeness (QED) is 0.572. The lowest BCUT2D eigenvalue weighted by Crippen LogP contribution is -1.94. The maximum absolute atomic E-state index is 5.88. The molecule has 84 valence electrons. The molecular formula is C11H9N5S. The number of hydrogen-bond donors (Lipinski definition) is 3. The third kappa shape index (κ3) is 1.58. The van der Waals surface area contributed by atoms with Crippen LogP contribution in [0.3, 0.4) is 0 Å². The number of nitrogens with two attached hydrogens (primary N) is 1. The van der Waals surface area contributed by atoms with Gasteiger partial charge in [0.25, 0.3) is 0 Å². The third-order valence-corrected chi connectivity index (χ3v) is 2.73. The van der Waals surface area contributed by atoms with Gasteiger partial charge >= 0.3 is 0 Å². The minimum Gasteiger partial charge on any atom is -0.383 e. The van der Waals surface area contributed by atoms with Crippen LogP contribution in [0.15, 0.2) is 30.3 Å². The predicted molar refractivity (Wildman–Crippen MR) is 68.9 cm³/mol. The summed E-state index contributed by atoms with van der Waals surface area (Å²) >= 11 is 4.95. The van der Waals surface area contributed by atoms with Crippen LogP contribution in [0.2, 0.25) is 0 Å². The lowest BCUT2D eigenvalue weighted by molar-refractivity contribution is 1.09. The first-order valence-corrected chi connectivity index (χ1v) is 5.46. The van der Waals surface area contributed by atoms with Gasteiger partial charge in [0.15, 0.2) is 10.4 Å². The molecule has 0 atom stereocenters. The topological polar surface area (TPSA) is 83.4 Å². The van der Waals surface area contributed by atoms with Crippen molar-refractivity contribution >= 4 is 29.1 Å². The highest BCUT2D eigenvalue weighted by atomic mass is 32.1. The summed E-state index contributed by atoms with van der Waals surface area (Å²) in [6, 6.07) is 9.83. The van der Waals surface area contributed by atoms with Crippen molar-refractivity contribution in [3.8, 4) is 11.3 Å². The van der Waals surface area contributed by atoms with Crippen LogP contribution in [0, 0.1) is 4.77 Å². The fraction of sp³-hybridized carbons (Fsp3) is 0. The monoisotopic (exact) mass is 243 g/mol. The molecule has 1 aromatic carbocycles. The number of nitrogen functional groups attached to an aromatic ring is 1. The summed E-state index contributed by atoms with van der Waals surface area (Å²) in [6.45, 7) is 0. The van der Waals surface area contributed by atoms with E-state index in [0.717, 1.165) is 16.6 Å². The standard InChI is InChI=1S/C11H9N5S/c12-9-7-8(6-4-2-1-3-5-6)15-16-10(7)14-11(17)13-9/h1-5H,(H4,12,13,14,15,16,17). The lowest BCUT2D eigenvalue weighted by atomic mass is 10.1. The van der Waals surface area contributed by atoms with Crippen molar-refractivity contribution in [3.63, 3.8) is 0 Å². The average molecular weight is 243 g/mol. The van der Waals surface area contributed by atoms with E-state index in [1.54, 1.807) is 0 Å². The van der Waals surface area contributed by atoms with Crippen LogP contribution in [0.4, 0.5) is 5.82 Å². The van der Waals surface area contributed by atoms with Crippen molar-refractivity contribution < 1.29 is 0 Å². The molecule has 0 saturated heterocycles. The number of nitrogens with one attached hydrogen (secondary N) is 2. The highest BCUT2D eigenvalue weighted by Crippen LogP contribution is 2.27. The Hall–Kier alpha value is -2.21. The summed E-state index contributed by atoms with van der Waals surface area (Å²) < 4.78 is 0.334. The van der Waals surface area contributed by atoms with E-state index in [1.807, 2.05) is 30.3 Å². The van der Waals surface area contributed by atoms with Gasteiger partial charge in [-0.1, -0.05) is 30.3 Å². The van der Waals surface area contributed by atoms with Crippen LogP contribution in [0.5, 0.6) is 0 Å². The summed E-state index contributed by atoms with van der Waals surface area (Å²) in [5.74, 6) is 0.386. The normalized spacial score (nSPS) is 10.8. The molecular weight excluding hydrogens is 234 g/mol. The van der Waals surface area contributed by atoms with E-state index in [1.165, 1.54) is 0 Å². The summed E-state index contributed by atoms with van der Waals surface area (Å²) in [7, 11) is 0. The first kappa shape index (κ1) is 9.98. The van der Waals surface area contributed by atoms with E-state index in [9.17, 15) is 0 Å². The summed E-state index contributed by atoms with van der Waals surface area (Å²) in [5.41, 5.74) is 8.36. The van der Waals surface area contributed by atoms with Crippen molar-refractivity contribution in [1.82, 2.24) is 20.2 Å². The molecule has 0 radical (unpaired) electrons. The molecule has 3 aromatic rings. The third-order valence-electron chi connectivity index (χ3n) is 2.53. The highest BCUT2D eigenvalue weighted by molar-refractivity contribution is 7.71. The number of hydrogen-bond acceptors (Lipinski definition) is 4. The molecule has 4 N–H and O–H groups in total. The number of H-pyrrole nitrogens is 2. The van der Waals surface area contributed by atoms with E-state index < -0.39 is 0 Å². The molecule has 0 spiro atoms. The Bertz CT molecular complexity index is 728. The van der Waals surface area contributed by atoms with Gasteiger partial charge in [-0.3, -0.25) is 5.10 Å². The Kier molecular flexibility index (Phi) is 2.15. The van der Waals surface area contributed by atoms with Crippen LogP contribution in [0.25, 0.3) is 22.3 Å². The number of aromatic nitrogens is 4. The van der Waals surface area contributed by atoms with E-state index in [4.69, 9.17) is 18.0 Å². The Morgan fingerprint density at radius 3 is 2.71 bits per heavy atom. The fourth-order valence-corrected chi connectivity index (χ4v) is 1.99. The zero-order chi connectivity index (χ0) is 11.8. The number of benzene rings is 1. The Labute approximate surface area is 102 Å². The molecule has 2 aromatic heterocycles. The number of rotatable bonds is 1. The van der Waals surface area contributed by atoms with Gasteiger partial charge in [0.05, 0.1) is 11.1 Å². The number of anilines is 1. The SMILES string of the molecule is Nc1nc(=S)[nH]c2n[nH]c(-c3ccccc3)c12. The summed E-state index contributed by atoms with van der Waals surface area (Å²) in [5, 5.41) is 7.87. The fourth-order valence-electron chi connectivity index (χ4n) is 1.79. The zero-order valence-corrected chi connectivity index (χ0v) is 9.58. The summed E-state index contributed by atoms with van der Waals surface area (Å²) in [6.07, 6.45) is 0. The predicted octanol–water partition coefficient (Wildman–Crippen LogP) is 2.26. The van der Waals surface area contributed by atoms with Crippen molar-refractivity contribution in [1.29, 1.82) is 0 Å². The number of aromatic amines is 2. The van der Waals surface area contributed by atoms with E-state index >= 15 is 0 Å². The van der Waals surface area contributed by atoms with E-state index in [2.05, 4.69) is 20.2 Å². The highest BCUT2D eigenvalue weighted by Gasteiger charge is 2.11. The van der Waals surface area contributed by atoms with Crippen LogP contribution in [-0.4, -0.2) is 20.2 Å². The van der Waals surface area contributed by atoms with Crippen molar-refractivity contribution in [2.75, 3.05) is 5.73 Å². The molecule has 6 heteroatoms. The maximum atomic E-state index is 5.88. The van der Waals surface area contributed by atoms with Gasteiger partial charge in [-0.25, -0.2) is 4.98 Å². The van der Waals surface area contributed by atoms with Gasteiger partial charge in [-0.15, -0.1) is 0 Å². The minimum atomic E-state index is 0.334. The first-order valence-electron chi connectivity index (χ1n) is 5.05. The van der Waals surface area contributed by atoms with Gasteiger partial charge in [0.2, 0.25) is 0 Å². The van der Waals surface area contributed by atoms with E-state index in [-0.39, 0.29) is 0 Å². The molecule has 0 aliphatic heterocycles. The second kappa shape index (κ2) is 3.67. The van der Waals surface area contributed by atoms with Gasteiger partial charge in [0.1, 0.15) is 5.82 Å². The van der Waals surface area contributed by atoms with Crippen LogP contribution < -0.4 is 5.73 Å². The number of nitrogens with zero attached hydrogens (tertiary/aromatic N) is 2. The second-order valence-electron chi connectivity index (χ2n) is 3.62. The zero-order valence-electron chi connectivity index (χ0n) is 8.77. The Morgan fingerprint density at radius 2 is 1.94 bits per heavy atom. The largest absolute Gasteiger partial charge is 0.383 e.